The lowest BCUT2D eigenvalue weighted by Crippen LogP contribution is -2.47. The number of likely N-dealkylation sites (N-methyl/N-ethyl adjacent to an activating group) is 1. The average Bonchev–Trinajstić information content (AvgIpc) is 3.36. The minimum Gasteiger partial charge on any atom is -0.465 e. The Hall–Kier alpha value is -2.86. The summed E-state index contributed by atoms with van der Waals surface area (Å²) in [6, 6.07) is 16.6. The molecule has 1 aromatic carbocycles. The number of furan rings is 1. The fourth-order valence-corrected chi connectivity index (χ4v) is 4.90. The SMILES string of the molecule is Cc1cc(C(=O)N(C)C(Cc2ccccc2)C2CCN(Cc3ccc(C)o3)CC2)n(C)n1. The number of carbonyl (C=O) groups is 1. The van der Waals surface area contributed by atoms with E-state index in [1.807, 2.05) is 51.0 Å². The van der Waals surface area contributed by atoms with E-state index in [4.69, 9.17) is 4.42 Å². The monoisotopic (exact) mass is 434 g/mol. The molecular weight excluding hydrogens is 400 g/mol. The molecule has 0 radical (unpaired) electrons. The number of rotatable bonds is 7. The molecule has 1 atom stereocenters. The normalized spacial score (nSPS) is 16.2. The number of nitrogens with zero attached hydrogens (tertiary/aromatic N) is 4. The highest BCUT2D eigenvalue weighted by atomic mass is 16.3. The molecule has 1 amide bonds. The molecule has 0 saturated carbocycles. The Morgan fingerprint density at radius 3 is 2.47 bits per heavy atom. The number of likely N-dealkylation sites (tertiary alicyclic amines) is 1. The predicted molar refractivity (Wildman–Crippen MR) is 125 cm³/mol. The standard InChI is InChI=1S/C26H34N4O2/c1-19-16-25(29(4)27-19)26(31)28(3)24(17-21-8-6-5-7-9-21)22-12-14-30(15-13-22)18-23-11-10-20(2)32-23/h5-11,16,22,24H,12-15,17-18H2,1-4H3. The van der Waals surface area contributed by atoms with Crippen molar-refractivity contribution >= 4 is 5.91 Å². The fraction of sp³-hybridized carbons (Fsp3) is 0.462. The van der Waals surface area contributed by atoms with E-state index in [0.29, 0.717) is 11.6 Å². The Balaban J connectivity index is 1.48. The van der Waals surface area contributed by atoms with Gasteiger partial charge in [-0.2, -0.15) is 5.10 Å². The van der Waals surface area contributed by atoms with Crippen LogP contribution in [0.15, 0.2) is 52.9 Å². The lowest BCUT2D eigenvalue weighted by atomic mass is 9.84. The molecule has 170 valence electrons. The lowest BCUT2D eigenvalue weighted by Gasteiger charge is -2.40. The molecule has 6 nitrogen and oxygen atoms in total. The molecular formula is C26H34N4O2. The van der Waals surface area contributed by atoms with Gasteiger partial charge in [0.15, 0.2) is 0 Å². The van der Waals surface area contributed by atoms with Crippen LogP contribution in [0.2, 0.25) is 0 Å². The third-order valence-corrected chi connectivity index (χ3v) is 6.68. The number of benzene rings is 1. The van der Waals surface area contributed by atoms with E-state index < -0.39 is 0 Å². The van der Waals surface area contributed by atoms with Crippen molar-refractivity contribution in [3.05, 3.63) is 77.0 Å². The highest BCUT2D eigenvalue weighted by Crippen LogP contribution is 2.28. The largest absolute Gasteiger partial charge is 0.465 e. The average molecular weight is 435 g/mol. The Morgan fingerprint density at radius 2 is 1.88 bits per heavy atom. The quantitative estimate of drug-likeness (QED) is 0.559. The molecule has 1 aliphatic heterocycles. The number of hydrogen-bond donors (Lipinski definition) is 0. The zero-order valence-corrected chi connectivity index (χ0v) is 19.6. The third-order valence-electron chi connectivity index (χ3n) is 6.68. The number of aromatic nitrogens is 2. The molecule has 3 aromatic rings. The van der Waals surface area contributed by atoms with Gasteiger partial charge >= 0.3 is 0 Å². The van der Waals surface area contributed by atoms with E-state index in [-0.39, 0.29) is 11.9 Å². The van der Waals surface area contributed by atoms with Gasteiger partial charge in [0.25, 0.3) is 5.91 Å². The van der Waals surface area contributed by atoms with Crippen molar-refractivity contribution in [3.8, 4) is 0 Å². The van der Waals surface area contributed by atoms with Crippen LogP contribution in [0.5, 0.6) is 0 Å². The zero-order chi connectivity index (χ0) is 22.7. The summed E-state index contributed by atoms with van der Waals surface area (Å²) in [6.07, 6.45) is 3.00. The van der Waals surface area contributed by atoms with Gasteiger partial charge in [-0.15, -0.1) is 0 Å². The molecule has 6 heteroatoms. The van der Waals surface area contributed by atoms with Crippen LogP contribution in [-0.4, -0.2) is 51.7 Å². The Labute approximate surface area is 190 Å². The molecule has 1 aliphatic rings. The van der Waals surface area contributed by atoms with Gasteiger partial charge < -0.3 is 9.32 Å². The van der Waals surface area contributed by atoms with Crippen LogP contribution >= 0.6 is 0 Å². The molecule has 0 spiro atoms. The van der Waals surface area contributed by atoms with Crippen LogP contribution in [0.3, 0.4) is 0 Å². The number of piperidine rings is 1. The van der Waals surface area contributed by atoms with Gasteiger partial charge in [-0.3, -0.25) is 14.4 Å². The second-order valence-electron chi connectivity index (χ2n) is 9.09. The van der Waals surface area contributed by atoms with Crippen molar-refractivity contribution in [2.75, 3.05) is 20.1 Å². The summed E-state index contributed by atoms with van der Waals surface area (Å²) >= 11 is 0. The van der Waals surface area contributed by atoms with Crippen LogP contribution in [0.4, 0.5) is 0 Å². The highest BCUT2D eigenvalue weighted by Gasteiger charge is 2.33. The summed E-state index contributed by atoms with van der Waals surface area (Å²) in [7, 11) is 3.80. The second-order valence-corrected chi connectivity index (χ2v) is 9.09. The minimum atomic E-state index is 0.0440. The summed E-state index contributed by atoms with van der Waals surface area (Å²) in [5.74, 6) is 2.49. The summed E-state index contributed by atoms with van der Waals surface area (Å²) < 4.78 is 7.46. The van der Waals surface area contributed by atoms with Gasteiger partial charge in [0.05, 0.1) is 12.2 Å². The van der Waals surface area contributed by atoms with Crippen molar-refractivity contribution in [1.29, 1.82) is 0 Å². The van der Waals surface area contributed by atoms with Crippen LogP contribution < -0.4 is 0 Å². The summed E-state index contributed by atoms with van der Waals surface area (Å²) in [6.45, 7) is 6.80. The van der Waals surface area contributed by atoms with Gasteiger partial charge in [-0.25, -0.2) is 0 Å². The number of hydrogen-bond acceptors (Lipinski definition) is 4. The number of amides is 1. The van der Waals surface area contributed by atoms with E-state index in [1.54, 1.807) is 4.68 Å². The van der Waals surface area contributed by atoms with E-state index >= 15 is 0 Å². The number of aryl methyl sites for hydroxylation is 3. The molecule has 0 N–H and O–H groups in total. The van der Waals surface area contributed by atoms with Gasteiger partial charge in [0, 0.05) is 20.1 Å². The first kappa shape index (κ1) is 22.3. The first-order chi connectivity index (χ1) is 15.4. The van der Waals surface area contributed by atoms with E-state index in [1.165, 1.54) is 5.56 Å². The van der Waals surface area contributed by atoms with Crippen molar-refractivity contribution < 1.29 is 9.21 Å². The molecule has 0 bridgehead atoms. The van der Waals surface area contributed by atoms with E-state index in [0.717, 1.165) is 56.1 Å². The third kappa shape index (κ3) is 5.13. The summed E-state index contributed by atoms with van der Waals surface area (Å²) in [5, 5.41) is 4.38. The van der Waals surface area contributed by atoms with Crippen molar-refractivity contribution in [2.24, 2.45) is 13.0 Å². The van der Waals surface area contributed by atoms with Crippen LogP contribution in [0.25, 0.3) is 0 Å². The topological polar surface area (TPSA) is 54.5 Å². The molecule has 1 unspecified atom stereocenters. The van der Waals surface area contributed by atoms with Gasteiger partial charge in [-0.1, -0.05) is 30.3 Å². The second kappa shape index (κ2) is 9.74. The van der Waals surface area contributed by atoms with Crippen LogP contribution in [-0.2, 0) is 20.0 Å². The Kier molecular flexibility index (Phi) is 6.80. The maximum absolute atomic E-state index is 13.4. The Bertz CT molecular complexity index is 1030. The molecule has 32 heavy (non-hydrogen) atoms. The van der Waals surface area contributed by atoms with Crippen molar-refractivity contribution in [2.45, 2.75) is 45.7 Å². The first-order valence-corrected chi connectivity index (χ1v) is 11.5. The van der Waals surface area contributed by atoms with E-state index in [9.17, 15) is 4.79 Å². The summed E-state index contributed by atoms with van der Waals surface area (Å²) in [5.41, 5.74) is 2.78. The van der Waals surface area contributed by atoms with Crippen molar-refractivity contribution in [3.63, 3.8) is 0 Å². The zero-order valence-electron chi connectivity index (χ0n) is 19.6. The molecule has 3 heterocycles. The number of carbonyl (C=O) groups excluding carboxylic acids is 1. The van der Waals surface area contributed by atoms with Gasteiger partial charge in [0.2, 0.25) is 0 Å². The molecule has 2 aromatic heterocycles. The fourth-order valence-electron chi connectivity index (χ4n) is 4.90. The molecule has 4 rings (SSSR count). The Morgan fingerprint density at radius 1 is 1.16 bits per heavy atom. The molecule has 0 aliphatic carbocycles. The van der Waals surface area contributed by atoms with Gasteiger partial charge in [-0.05, 0) is 75.9 Å². The first-order valence-electron chi connectivity index (χ1n) is 11.5. The van der Waals surface area contributed by atoms with Crippen LogP contribution in [0.1, 0.15) is 46.1 Å². The van der Waals surface area contributed by atoms with Gasteiger partial charge in [0.1, 0.15) is 17.2 Å². The summed E-state index contributed by atoms with van der Waals surface area (Å²) in [4.78, 5) is 17.8. The highest BCUT2D eigenvalue weighted by molar-refractivity contribution is 5.92. The van der Waals surface area contributed by atoms with E-state index in [2.05, 4.69) is 40.3 Å². The molecule has 1 saturated heterocycles. The van der Waals surface area contributed by atoms with Crippen LogP contribution in [0, 0.1) is 19.8 Å². The predicted octanol–water partition coefficient (Wildman–Crippen LogP) is 4.23. The maximum Gasteiger partial charge on any atom is 0.272 e. The smallest absolute Gasteiger partial charge is 0.272 e. The molecule has 1 fully saturated rings. The van der Waals surface area contributed by atoms with Crippen molar-refractivity contribution in [1.82, 2.24) is 19.6 Å². The maximum atomic E-state index is 13.4. The minimum absolute atomic E-state index is 0.0440. The lowest BCUT2D eigenvalue weighted by molar-refractivity contribution is 0.0569.